The maximum Gasteiger partial charge on any atom is 0.270 e. The van der Waals surface area contributed by atoms with E-state index in [1.54, 1.807) is 24.3 Å². The normalized spacial score (nSPS) is 11.0. The van der Waals surface area contributed by atoms with Crippen molar-refractivity contribution >= 4 is 34.0 Å². The Kier molecular flexibility index (Phi) is 4.99. The number of hydrogen-bond acceptors (Lipinski definition) is 4. The molecule has 0 saturated heterocycles. The lowest BCUT2D eigenvalue weighted by Gasteiger charge is -2.06. The average Bonchev–Trinajstić information content (AvgIpc) is 2.49. The third kappa shape index (κ3) is 4.09. The number of hydrogen-bond donors (Lipinski definition) is 0. The number of halogens is 1. The van der Waals surface area contributed by atoms with Gasteiger partial charge in [0.1, 0.15) is 0 Å². The summed E-state index contributed by atoms with van der Waals surface area (Å²) in [5, 5.41) is 20.4. The number of nitro groups is 1. The molecule has 0 N–H and O–H groups in total. The molecular weight excluding hydrogens is 308 g/mol. The van der Waals surface area contributed by atoms with Crippen LogP contribution < -0.4 is 0 Å². The molecule has 0 aliphatic rings. The second kappa shape index (κ2) is 6.93. The average molecular weight is 317 g/mol. The highest BCUT2D eigenvalue weighted by Gasteiger charge is 2.10. The van der Waals surface area contributed by atoms with Crippen molar-refractivity contribution in [1.29, 1.82) is 5.26 Å². The van der Waals surface area contributed by atoms with Gasteiger partial charge in [-0.1, -0.05) is 35.5 Å². The molecule has 0 heterocycles. The number of non-ortho nitro benzene ring substituents is 1. The van der Waals surface area contributed by atoms with Crippen LogP contribution in [-0.4, -0.2) is 4.92 Å². The lowest BCUT2D eigenvalue weighted by atomic mass is 10.2. The first kappa shape index (κ1) is 15.1. The number of nitro benzene ring substituents is 1. The van der Waals surface area contributed by atoms with Crippen molar-refractivity contribution in [2.75, 3.05) is 0 Å². The Morgan fingerprint density at radius 3 is 2.62 bits per heavy atom. The highest BCUT2D eigenvalue weighted by Crippen LogP contribution is 2.35. The van der Waals surface area contributed by atoms with Crippen molar-refractivity contribution in [3.8, 4) is 6.07 Å². The monoisotopic (exact) mass is 316 g/mol. The van der Waals surface area contributed by atoms with Crippen LogP contribution in [0.1, 0.15) is 5.56 Å². The number of allylic oxidation sites excluding steroid dienone is 1. The molecule has 0 saturated carbocycles. The summed E-state index contributed by atoms with van der Waals surface area (Å²) in [5.74, 6) is 0. The summed E-state index contributed by atoms with van der Waals surface area (Å²) in [6.45, 7) is 0. The zero-order valence-electron chi connectivity index (χ0n) is 10.7. The topological polar surface area (TPSA) is 66.9 Å². The third-order valence-electron chi connectivity index (χ3n) is 2.58. The van der Waals surface area contributed by atoms with Crippen molar-refractivity contribution in [2.45, 2.75) is 4.90 Å². The molecule has 0 fully saturated rings. The molecule has 0 amide bonds. The summed E-state index contributed by atoms with van der Waals surface area (Å²) in [7, 11) is 0. The number of nitrogens with zero attached hydrogens (tertiary/aromatic N) is 2. The Morgan fingerprint density at radius 2 is 2.00 bits per heavy atom. The molecule has 0 radical (unpaired) electrons. The van der Waals surface area contributed by atoms with Gasteiger partial charge >= 0.3 is 0 Å². The number of benzene rings is 2. The van der Waals surface area contributed by atoms with E-state index in [1.807, 2.05) is 18.2 Å². The molecule has 2 aromatic carbocycles. The number of thioether (sulfide) groups is 1. The summed E-state index contributed by atoms with van der Waals surface area (Å²) in [6, 6.07) is 15.3. The van der Waals surface area contributed by atoms with Gasteiger partial charge in [-0.15, -0.1) is 0 Å². The van der Waals surface area contributed by atoms with Crippen molar-refractivity contribution in [2.24, 2.45) is 0 Å². The molecule has 0 unspecified atom stereocenters. The standard InChI is InChI=1S/C15H9ClN2O2S/c16-12-4-6-14(7-5-12)21-15(8-9-17)11-2-1-3-13(10-11)18(19)20/h1-8,10H/b15-8+. The van der Waals surface area contributed by atoms with E-state index < -0.39 is 4.92 Å². The SMILES string of the molecule is N#C/C=C(/Sc1ccc(Cl)cc1)c1cccc([N+](=O)[O-])c1. The first-order chi connectivity index (χ1) is 10.1. The quantitative estimate of drug-likeness (QED) is 0.348. The third-order valence-corrected chi connectivity index (χ3v) is 3.91. The Labute approximate surface area is 130 Å². The minimum absolute atomic E-state index is 0.00644. The molecule has 0 bridgehead atoms. The number of rotatable bonds is 4. The Hall–Kier alpha value is -2.29. The van der Waals surface area contributed by atoms with Gasteiger partial charge in [-0.3, -0.25) is 10.1 Å². The fourth-order valence-corrected chi connectivity index (χ4v) is 2.64. The molecule has 0 spiro atoms. The van der Waals surface area contributed by atoms with Crippen LogP contribution in [0.5, 0.6) is 0 Å². The highest BCUT2D eigenvalue weighted by atomic mass is 35.5. The summed E-state index contributed by atoms with van der Waals surface area (Å²) in [6.07, 6.45) is 1.37. The first-order valence-corrected chi connectivity index (χ1v) is 7.07. The molecule has 0 aliphatic carbocycles. The molecule has 6 heteroatoms. The second-order valence-electron chi connectivity index (χ2n) is 4.00. The lowest BCUT2D eigenvalue weighted by Crippen LogP contribution is -1.89. The van der Waals surface area contributed by atoms with Crippen LogP contribution in [0.25, 0.3) is 4.91 Å². The van der Waals surface area contributed by atoms with Gasteiger partial charge in [0.25, 0.3) is 5.69 Å². The minimum atomic E-state index is -0.458. The first-order valence-electron chi connectivity index (χ1n) is 5.88. The Morgan fingerprint density at radius 1 is 1.29 bits per heavy atom. The van der Waals surface area contributed by atoms with Gasteiger partial charge in [0.05, 0.1) is 11.0 Å². The zero-order valence-corrected chi connectivity index (χ0v) is 12.3. The minimum Gasteiger partial charge on any atom is -0.258 e. The fraction of sp³-hybridized carbons (Fsp3) is 0. The molecule has 0 aromatic heterocycles. The van der Waals surface area contributed by atoms with Crippen LogP contribution in [0.2, 0.25) is 5.02 Å². The van der Waals surface area contributed by atoms with Crippen molar-refractivity contribution < 1.29 is 4.92 Å². The van der Waals surface area contributed by atoms with E-state index in [9.17, 15) is 10.1 Å². The van der Waals surface area contributed by atoms with E-state index in [1.165, 1.54) is 30.0 Å². The van der Waals surface area contributed by atoms with E-state index in [2.05, 4.69) is 0 Å². The van der Waals surface area contributed by atoms with Gasteiger partial charge < -0.3 is 0 Å². The summed E-state index contributed by atoms with van der Waals surface area (Å²) in [5.41, 5.74) is 0.624. The van der Waals surface area contributed by atoms with Gasteiger partial charge in [-0.2, -0.15) is 5.26 Å². The molecule has 0 atom stereocenters. The molecule has 2 rings (SSSR count). The van der Waals surface area contributed by atoms with E-state index in [0.29, 0.717) is 15.5 Å². The Bertz CT molecular complexity index is 736. The zero-order chi connectivity index (χ0) is 15.2. The van der Waals surface area contributed by atoms with Crippen LogP contribution in [0.4, 0.5) is 5.69 Å². The van der Waals surface area contributed by atoms with Gasteiger partial charge in [-0.25, -0.2) is 0 Å². The molecule has 21 heavy (non-hydrogen) atoms. The number of nitriles is 1. The van der Waals surface area contributed by atoms with Gasteiger partial charge in [0.15, 0.2) is 0 Å². The summed E-state index contributed by atoms with van der Waals surface area (Å²) in [4.78, 5) is 11.9. The predicted molar refractivity (Wildman–Crippen MR) is 84.0 cm³/mol. The van der Waals surface area contributed by atoms with Crippen molar-refractivity contribution in [3.05, 3.63) is 75.3 Å². The van der Waals surface area contributed by atoms with Crippen LogP contribution in [0, 0.1) is 21.4 Å². The fourth-order valence-electron chi connectivity index (χ4n) is 1.63. The Balaban J connectivity index is 2.34. The molecule has 4 nitrogen and oxygen atoms in total. The van der Waals surface area contributed by atoms with E-state index in [4.69, 9.17) is 16.9 Å². The lowest BCUT2D eigenvalue weighted by molar-refractivity contribution is -0.384. The van der Waals surface area contributed by atoms with Crippen LogP contribution in [0.3, 0.4) is 0 Å². The maximum absolute atomic E-state index is 10.8. The maximum atomic E-state index is 10.8. The molecule has 0 aliphatic heterocycles. The van der Waals surface area contributed by atoms with Crippen LogP contribution in [0.15, 0.2) is 59.5 Å². The van der Waals surface area contributed by atoms with Gasteiger partial charge in [0.2, 0.25) is 0 Å². The largest absolute Gasteiger partial charge is 0.270 e. The highest BCUT2D eigenvalue weighted by molar-refractivity contribution is 8.08. The van der Waals surface area contributed by atoms with E-state index in [0.717, 1.165) is 4.90 Å². The van der Waals surface area contributed by atoms with Crippen molar-refractivity contribution in [1.82, 2.24) is 0 Å². The predicted octanol–water partition coefficient (Wildman–Crippen LogP) is 4.90. The summed E-state index contributed by atoms with van der Waals surface area (Å²) >= 11 is 7.18. The second-order valence-corrected chi connectivity index (χ2v) is 5.55. The van der Waals surface area contributed by atoms with Gasteiger partial charge in [0, 0.05) is 33.0 Å². The molecule has 2 aromatic rings. The van der Waals surface area contributed by atoms with Gasteiger partial charge in [-0.05, 0) is 29.8 Å². The van der Waals surface area contributed by atoms with E-state index >= 15 is 0 Å². The van der Waals surface area contributed by atoms with Crippen LogP contribution >= 0.6 is 23.4 Å². The molecule has 104 valence electrons. The van der Waals surface area contributed by atoms with Crippen molar-refractivity contribution in [3.63, 3.8) is 0 Å². The smallest absolute Gasteiger partial charge is 0.258 e. The summed E-state index contributed by atoms with van der Waals surface area (Å²) < 4.78 is 0. The van der Waals surface area contributed by atoms with E-state index in [-0.39, 0.29) is 5.69 Å². The van der Waals surface area contributed by atoms with Crippen LogP contribution in [-0.2, 0) is 0 Å². The molecular formula is C15H9ClN2O2S.